The molecule has 4 N–H and O–H groups in total. The fourth-order valence-corrected chi connectivity index (χ4v) is 8.90. The molecule has 0 saturated carbocycles. The average Bonchev–Trinajstić information content (AvgIpc) is 3.43. The molecule has 1 saturated heterocycles. The first-order valence-corrected chi connectivity index (χ1v) is 26.2. The Balaban J connectivity index is 1.41. The molecule has 9 atom stereocenters. The molecule has 77 heavy (non-hydrogen) atoms. The third kappa shape index (κ3) is 19.8. The van der Waals surface area contributed by atoms with Crippen molar-refractivity contribution in [2.24, 2.45) is 5.92 Å². The predicted octanol–water partition coefficient (Wildman–Crippen LogP) is 8.17. The van der Waals surface area contributed by atoms with Gasteiger partial charge in [-0.3, -0.25) is 9.59 Å². The number of carbonyl (C=O) groups is 4. The van der Waals surface area contributed by atoms with E-state index in [9.17, 15) is 24.3 Å². The number of alkyl carbamates (subject to hydrolysis) is 1. The van der Waals surface area contributed by atoms with Crippen LogP contribution in [-0.4, -0.2) is 109 Å². The largest absolute Gasteiger partial charge is 0.467 e. The number of methoxy groups -OCH3 is 1. The molecule has 1 heterocycles. The zero-order chi connectivity index (χ0) is 55.2. The van der Waals surface area contributed by atoms with Gasteiger partial charge in [0.25, 0.3) is 0 Å². The summed E-state index contributed by atoms with van der Waals surface area (Å²) in [5.41, 5.74) is 1.23. The molecule has 16 heteroatoms. The van der Waals surface area contributed by atoms with Crippen LogP contribution in [0.4, 0.5) is 4.79 Å². The van der Waals surface area contributed by atoms with Gasteiger partial charge in [-0.05, 0) is 67.9 Å². The van der Waals surface area contributed by atoms with Gasteiger partial charge in [-0.25, -0.2) is 9.59 Å². The van der Waals surface area contributed by atoms with Crippen molar-refractivity contribution in [2.45, 2.75) is 147 Å². The first-order chi connectivity index (χ1) is 37.0. The lowest BCUT2D eigenvalue weighted by Gasteiger charge is -2.48. The minimum absolute atomic E-state index is 0.0151. The molecular formula is C61H77N3O13. The highest BCUT2D eigenvalue weighted by Crippen LogP contribution is 2.35. The molecule has 1 aliphatic rings. The van der Waals surface area contributed by atoms with Crippen molar-refractivity contribution in [3.8, 4) is 0 Å². The van der Waals surface area contributed by atoms with Crippen LogP contribution < -0.4 is 16.0 Å². The van der Waals surface area contributed by atoms with Crippen LogP contribution in [0, 0.1) is 5.92 Å². The highest BCUT2D eigenvalue weighted by molar-refractivity contribution is 5.94. The van der Waals surface area contributed by atoms with Gasteiger partial charge in [-0.2, -0.15) is 0 Å². The zero-order valence-corrected chi connectivity index (χ0v) is 45.3. The fraction of sp³-hybridized carbons (Fsp3) is 0.443. The maximum absolute atomic E-state index is 15.0. The number of carbonyl (C=O) groups excluding carboxylic acids is 4. The monoisotopic (exact) mass is 1060 g/mol. The summed E-state index contributed by atoms with van der Waals surface area (Å²) in [7, 11) is 1.21. The number of esters is 1. The summed E-state index contributed by atoms with van der Waals surface area (Å²) >= 11 is 0. The van der Waals surface area contributed by atoms with Crippen molar-refractivity contribution < 1.29 is 62.2 Å². The Labute approximate surface area is 453 Å². The Morgan fingerprint density at radius 3 is 1.42 bits per heavy atom. The Bertz CT molecular complexity index is 2530. The molecule has 1 aliphatic heterocycles. The Hall–Kier alpha value is -6.50. The molecule has 414 valence electrons. The van der Waals surface area contributed by atoms with Gasteiger partial charge >= 0.3 is 12.1 Å². The molecule has 0 aliphatic carbocycles. The van der Waals surface area contributed by atoms with Gasteiger partial charge in [0.05, 0.1) is 65.1 Å². The quantitative estimate of drug-likeness (QED) is 0.0351. The number of hydrogen-bond acceptors (Lipinski definition) is 13. The molecular weight excluding hydrogens is 983 g/mol. The summed E-state index contributed by atoms with van der Waals surface area (Å²) < 4.78 is 50.8. The van der Waals surface area contributed by atoms with E-state index in [4.69, 9.17) is 37.9 Å². The van der Waals surface area contributed by atoms with Gasteiger partial charge in [-0.15, -0.1) is 0 Å². The van der Waals surface area contributed by atoms with Gasteiger partial charge in [0.1, 0.15) is 48.1 Å². The molecule has 0 bridgehead atoms. The molecule has 5 aromatic rings. The van der Waals surface area contributed by atoms with E-state index in [1.807, 2.05) is 166 Å². The lowest BCUT2D eigenvalue weighted by Crippen LogP contribution is -2.67. The third-order valence-corrected chi connectivity index (χ3v) is 12.7. The average molecular weight is 1060 g/mol. The molecule has 0 unspecified atom stereocenters. The summed E-state index contributed by atoms with van der Waals surface area (Å²) in [5.74, 6) is -2.61. The van der Waals surface area contributed by atoms with E-state index < -0.39 is 83.7 Å². The number of ether oxygens (including phenoxy) is 8. The SMILES string of the molecule is COC(=O)[C@H](CC(C)C)NC(=O)[C@H](NC(=O)[C@H](COCc1ccccc1)NC(=O)OC(C)(C)C)[C@@](C)(O)C[C@@H]1O[C@H](COCc2ccccc2)[C@@H](OCc2ccccc2)[C@H](OCc2ccccc2)[C@H]1OCc1ccccc1. The summed E-state index contributed by atoms with van der Waals surface area (Å²) in [5, 5.41) is 21.2. The van der Waals surface area contributed by atoms with Crippen molar-refractivity contribution in [1.29, 1.82) is 0 Å². The van der Waals surface area contributed by atoms with Crippen LogP contribution in [0.15, 0.2) is 152 Å². The molecule has 0 spiro atoms. The van der Waals surface area contributed by atoms with Crippen LogP contribution in [0.1, 0.15) is 82.2 Å². The molecule has 6 rings (SSSR count). The second-order valence-electron chi connectivity index (χ2n) is 20.9. The fourth-order valence-electron chi connectivity index (χ4n) is 8.90. The number of rotatable bonds is 28. The summed E-state index contributed by atoms with van der Waals surface area (Å²) in [6.45, 7) is 10.6. The molecule has 1 fully saturated rings. The smallest absolute Gasteiger partial charge is 0.408 e. The van der Waals surface area contributed by atoms with Gasteiger partial charge in [0.2, 0.25) is 11.8 Å². The lowest BCUT2D eigenvalue weighted by molar-refractivity contribution is -0.279. The first kappa shape index (κ1) is 59.7. The van der Waals surface area contributed by atoms with Crippen LogP contribution >= 0.6 is 0 Å². The van der Waals surface area contributed by atoms with E-state index in [2.05, 4.69) is 16.0 Å². The van der Waals surface area contributed by atoms with Crippen molar-refractivity contribution in [3.05, 3.63) is 179 Å². The van der Waals surface area contributed by atoms with Crippen molar-refractivity contribution in [3.63, 3.8) is 0 Å². The van der Waals surface area contributed by atoms with Gasteiger partial charge in [0.15, 0.2) is 0 Å². The van der Waals surface area contributed by atoms with Crippen molar-refractivity contribution >= 4 is 23.9 Å². The lowest BCUT2D eigenvalue weighted by atomic mass is 9.83. The molecule has 0 aromatic heterocycles. The highest BCUT2D eigenvalue weighted by atomic mass is 16.6. The second kappa shape index (κ2) is 29.9. The Morgan fingerprint density at radius 2 is 0.974 bits per heavy atom. The third-order valence-electron chi connectivity index (χ3n) is 12.7. The minimum Gasteiger partial charge on any atom is -0.467 e. The Morgan fingerprint density at radius 1 is 0.545 bits per heavy atom. The first-order valence-electron chi connectivity index (χ1n) is 26.2. The Kier molecular flexibility index (Phi) is 23.2. The molecule has 5 aromatic carbocycles. The van der Waals surface area contributed by atoms with E-state index in [-0.39, 0.29) is 65.0 Å². The standard InChI is InChI=1S/C61H77N3O13/c1-42(2)33-48(58(67)70-7)62-57(66)55(64-56(65)49(63-59(68)77-60(3,4)5)40-71-35-43-23-13-8-14-24-43)61(6,69)34-50-52(73-37-45-27-17-10-18-28-45)54(75-39-47-31-21-12-22-32-47)53(74-38-46-29-19-11-20-30-46)51(76-50)41-72-36-44-25-15-9-16-26-44/h8-32,42,48-55,69H,33-41H2,1-7H3,(H,62,66)(H,63,68)(H,64,65)/t48-,49-,50-,51+,52-,53+,54+,55-,61-/m0/s1. The van der Waals surface area contributed by atoms with Crippen molar-refractivity contribution in [1.82, 2.24) is 16.0 Å². The summed E-state index contributed by atoms with van der Waals surface area (Å²) in [4.78, 5) is 56.3. The number of hydrogen-bond donors (Lipinski definition) is 4. The van der Waals surface area contributed by atoms with Crippen LogP contribution in [0.3, 0.4) is 0 Å². The summed E-state index contributed by atoms with van der Waals surface area (Å²) in [6.07, 6.45) is -5.73. The van der Waals surface area contributed by atoms with Gasteiger partial charge < -0.3 is 59.0 Å². The predicted molar refractivity (Wildman–Crippen MR) is 290 cm³/mol. The number of amides is 3. The van der Waals surface area contributed by atoms with Crippen LogP contribution in [0.5, 0.6) is 0 Å². The van der Waals surface area contributed by atoms with E-state index in [1.54, 1.807) is 20.8 Å². The maximum atomic E-state index is 15.0. The van der Waals surface area contributed by atoms with Crippen LogP contribution in [0.25, 0.3) is 0 Å². The van der Waals surface area contributed by atoms with Gasteiger partial charge in [-0.1, -0.05) is 166 Å². The second-order valence-corrected chi connectivity index (χ2v) is 20.9. The number of benzene rings is 5. The van der Waals surface area contributed by atoms with E-state index in [1.165, 1.54) is 14.0 Å². The van der Waals surface area contributed by atoms with E-state index in [0.29, 0.717) is 0 Å². The number of nitrogens with one attached hydrogen (secondary N) is 3. The number of aliphatic hydroxyl groups is 1. The molecule has 16 nitrogen and oxygen atoms in total. The van der Waals surface area contributed by atoms with E-state index in [0.717, 1.165) is 27.8 Å². The molecule has 0 radical (unpaired) electrons. The van der Waals surface area contributed by atoms with Crippen LogP contribution in [0.2, 0.25) is 0 Å². The minimum atomic E-state index is -2.21. The summed E-state index contributed by atoms with van der Waals surface area (Å²) in [6, 6.07) is 43.5. The van der Waals surface area contributed by atoms with Crippen LogP contribution in [-0.2, 0) is 85.3 Å². The van der Waals surface area contributed by atoms with E-state index >= 15 is 0 Å². The topological polar surface area (TPSA) is 198 Å². The maximum Gasteiger partial charge on any atom is 0.408 e. The van der Waals surface area contributed by atoms with Crippen molar-refractivity contribution in [2.75, 3.05) is 20.3 Å². The zero-order valence-electron chi connectivity index (χ0n) is 45.3. The van der Waals surface area contributed by atoms with Gasteiger partial charge in [0, 0.05) is 6.42 Å². The highest BCUT2D eigenvalue weighted by Gasteiger charge is 2.52. The normalized spacial score (nSPS) is 19.5. The molecule has 3 amide bonds.